The normalized spacial score (nSPS) is 17.0. The van der Waals surface area contributed by atoms with Crippen LogP contribution >= 0.6 is 11.1 Å². The average molecular weight is 326 g/mol. The van der Waals surface area contributed by atoms with E-state index in [0.717, 1.165) is 6.61 Å². The van der Waals surface area contributed by atoms with Crippen molar-refractivity contribution in [1.82, 2.24) is 4.23 Å². The molecule has 0 aromatic heterocycles. The third kappa shape index (κ3) is 5.88. The zero-order chi connectivity index (χ0) is 14.6. The van der Waals surface area contributed by atoms with Crippen LogP contribution in [0.4, 0.5) is 0 Å². The molecule has 6 heteroatoms. The van der Waals surface area contributed by atoms with Gasteiger partial charge in [-0.1, -0.05) is 52.6 Å². The lowest BCUT2D eigenvalue weighted by Crippen LogP contribution is -2.66. The summed E-state index contributed by atoms with van der Waals surface area (Å²) in [5.74, 6) is 0. The molecule has 0 rings (SSSR count). The molecule has 18 heavy (non-hydrogen) atoms. The molecule has 0 aromatic carbocycles. The molecular weight excluding hydrogens is 294 g/mol. The van der Waals surface area contributed by atoms with Gasteiger partial charge in [0.25, 0.3) is 8.35 Å². The van der Waals surface area contributed by atoms with E-state index in [1.165, 1.54) is 12.8 Å². The molecule has 0 fully saturated rings. The van der Waals surface area contributed by atoms with Gasteiger partial charge in [0.1, 0.15) is 16.5 Å². The van der Waals surface area contributed by atoms with Crippen molar-refractivity contribution in [3.05, 3.63) is 0 Å². The summed E-state index contributed by atoms with van der Waals surface area (Å²) in [6.07, 6.45) is 2.38. The fourth-order valence-electron chi connectivity index (χ4n) is 2.94. The molecule has 0 aromatic rings. The lowest BCUT2D eigenvalue weighted by molar-refractivity contribution is 0.327. The molecule has 0 radical (unpaired) electrons. The van der Waals surface area contributed by atoms with Crippen LogP contribution in [0, 0.1) is 0 Å². The van der Waals surface area contributed by atoms with E-state index < -0.39 is 24.8 Å². The van der Waals surface area contributed by atoms with Crippen molar-refractivity contribution in [2.24, 2.45) is 0 Å². The van der Waals surface area contributed by atoms with Crippen molar-refractivity contribution < 1.29 is 4.43 Å². The number of nitrogens with zero attached hydrogens (tertiary/aromatic N) is 1. The van der Waals surface area contributed by atoms with E-state index in [0.29, 0.717) is 5.67 Å². The van der Waals surface area contributed by atoms with Crippen LogP contribution < -0.4 is 0 Å². The molecule has 2 nitrogen and oxygen atoms in total. The molecular formula is C12H32ClNOSi3. The molecule has 110 valence electrons. The first-order chi connectivity index (χ1) is 8.05. The Bertz CT molecular complexity index is 226. The molecule has 0 N–H and O–H groups in total. The van der Waals surface area contributed by atoms with Crippen molar-refractivity contribution in [2.75, 3.05) is 6.61 Å². The second-order valence-electron chi connectivity index (χ2n) is 6.87. The van der Waals surface area contributed by atoms with Gasteiger partial charge in [-0.3, -0.25) is 0 Å². The monoisotopic (exact) mass is 325 g/mol. The van der Waals surface area contributed by atoms with Gasteiger partial charge in [-0.2, -0.15) is 0 Å². The summed E-state index contributed by atoms with van der Waals surface area (Å²) in [5, 5.41) is 0. The van der Waals surface area contributed by atoms with Gasteiger partial charge in [0.2, 0.25) is 0 Å². The van der Waals surface area contributed by atoms with Crippen LogP contribution in [0.5, 0.6) is 0 Å². The van der Waals surface area contributed by atoms with E-state index in [1.54, 1.807) is 0 Å². The van der Waals surface area contributed by atoms with Crippen molar-refractivity contribution >= 4 is 35.9 Å². The molecule has 0 saturated carbocycles. The highest BCUT2D eigenvalue weighted by Crippen LogP contribution is 2.27. The van der Waals surface area contributed by atoms with Gasteiger partial charge in [0.15, 0.2) is 0 Å². The van der Waals surface area contributed by atoms with E-state index >= 15 is 0 Å². The van der Waals surface area contributed by atoms with Crippen LogP contribution in [0.15, 0.2) is 0 Å². The Labute approximate surface area is 123 Å². The van der Waals surface area contributed by atoms with Crippen LogP contribution in [0.3, 0.4) is 0 Å². The van der Waals surface area contributed by atoms with Crippen molar-refractivity contribution in [1.29, 1.82) is 0 Å². The van der Waals surface area contributed by atoms with Gasteiger partial charge in [-0.15, -0.1) is 11.1 Å². The summed E-state index contributed by atoms with van der Waals surface area (Å²) in [7, 11) is -4.32. The maximum atomic E-state index is 6.65. The molecule has 0 aliphatic heterocycles. The van der Waals surface area contributed by atoms with E-state index in [2.05, 4.69) is 57.4 Å². The molecule has 0 heterocycles. The van der Waals surface area contributed by atoms with Gasteiger partial charge in [0.05, 0.1) is 0 Å². The molecule has 0 aliphatic rings. The summed E-state index contributed by atoms with van der Waals surface area (Å²) in [6.45, 7) is 19.7. The van der Waals surface area contributed by atoms with E-state index in [9.17, 15) is 0 Å². The SMILES string of the molecule is CCCC(N([Si](C)(C)C)[Si](C)(C)C)[SiH](Cl)OCC. The summed E-state index contributed by atoms with van der Waals surface area (Å²) in [6, 6.07) is 0. The predicted octanol–water partition coefficient (Wildman–Crippen LogP) is 4.16. The highest BCUT2D eigenvalue weighted by atomic mass is 35.6. The smallest absolute Gasteiger partial charge is 0.289 e. The Morgan fingerprint density at radius 3 is 1.78 bits per heavy atom. The van der Waals surface area contributed by atoms with Crippen LogP contribution in [0.2, 0.25) is 39.3 Å². The number of hydrogen-bond donors (Lipinski definition) is 0. The minimum absolute atomic E-state index is 0.509. The van der Waals surface area contributed by atoms with Crippen molar-refractivity contribution in [3.8, 4) is 0 Å². The Morgan fingerprint density at radius 2 is 1.50 bits per heavy atom. The molecule has 0 amide bonds. The molecule has 0 spiro atoms. The Hall–Kier alpha value is 0.861. The largest absolute Gasteiger partial charge is 0.405 e. The van der Waals surface area contributed by atoms with Gasteiger partial charge in [-0.25, -0.2) is 0 Å². The fraction of sp³-hybridized carbons (Fsp3) is 1.00. The molecule has 2 unspecified atom stereocenters. The quantitative estimate of drug-likeness (QED) is 0.490. The maximum Gasteiger partial charge on any atom is 0.289 e. The zero-order valence-electron chi connectivity index (χ0n) is 13.5. The topological polar surface area (TPSA) is 12.5 Å². The Kier molecular flexibility index (Phi) is 7.96. The Morgan fingerprint density at radius 1 is 1.06 bits per heavy atom. The first kappa shape index (κ1) is 18.9. The lowest BCUT2D eigenvalue weighted by Gasteiger charge is -2.49. The van der Waals surface area contributed by atoms with Crippen LogP contribution in [0.1, 0.15) is 26.7 Å². The zero-order valence-corrected chi connectivity index (χ0v) is 17.4. The fourth-order valence-corrected chi connectivity index (χ4v) is 19.8. The second-order valence-corrected chi connectivity index (χ2v) is 20.1. The van der Waals surface area contributed by atoms with Gasteiger partial charge in [-0.05, 0) is 13.3 Å². The van der Waals surface area contributed by atoms with Crippen LogP contribution in [-0.4, -0.2) is 41.3 Å². The van der Waals surface area contributed by atoms with Gasteiger partial charge < -0.3 is 8.66 Å². The summed E-state index contributed by atoms with van der Waals surface area (Å²) < 4.78 is 8.67. The summed E-state index contributed by atoms with van der Waals surface area (Å²) in [4.78, 5) is 0. The molecule has 2 atom stereocenters. The van der Waals surface area contributed by atoms with Gasteiger partial charge in [0, 0.05) is 12.3 Å². The van der Waals surface area contributed by atoms with E-state index in [4.69, 9.17) is 15.5 Å². The average Bonchev–Trinajstić information content (AvgIpc) is 2.13. The first-order valence-electron chi connectivity index (χ1n) is 7.10. The van der Waals surface area contributed by atoms with Crippen molar-refractivity contribution in [2.45, 2.75) is 71.6 Å². The minimum Gasteiger partial charge on any atom is -0.405 e. The van der Waals surface area contributed by atoms with E-state index in [1.807, 2.05) is 0 Å². The summed E-state index contributed by atoms with van der Waals surface area (Å²) >= 11 is 6.65. The third-order valence-electron chi connectivity index (χ3n) is 2.99. The minimum atomic E-state index is -1.62. The lowest BCUT2D eigenvalue weighted by atomic mass is 10.3. The van der Waals surface area contributed by atoms with Crippen molar-refractivity contribution in [3.63, 3.8) is 0 Å². The Balaban J connectivity index is 5.23. The third-order valence-corrected chi connectivity index (χ3v) is 14.3. The van der Waals surface area contributed by atoms with Crippen LogP contribution in [0.25, 0.3) is 0 Å². The van der Waals surface area contributed by atoms with Crippen LogP contribution in [-0.2, 0) is 4.43 Å². The van der Waals surface area contributed by atoms with E-state index in [-0.39, 0.29) is 0 Å². The number of halogens is 1. The molecule has 0 aliphatic carbocycles. The standard InChI is InChI=1S/C12H32ClNOSi3/c1-9-11-12(16(13)15-10-2)14(17(3,4)5)18(6,7)8/h12,16H,9-11H2,1-8H3. The first-order valence-corrected chi connectivity index (χ1v) is 16.9. The molecule has 0 bridgehead atoms. The summed E-state index contributed by atoms with van der Waals surface area (Å²) in [5.41, 5.74) is 0.509. The maximum absolute atomic E-state index is 6.65. The molecule has 0 saturated heterocycles. The second kappa shape index (κ2) is 7.59. The predicted molar refractivity (Wildman–Crippen MR) is 91.9 cm³/mol. The van der Waals surface area contributed by atoms with Gasteiger partial charge >= 0.3 is 0 Å². The highest BCUT2D eigenvalue weighted by Gasteiger charge is 2.42. The highest BCUT2D eigenvalue weighted by molar-refractivity contribution is 7.05. The number of hydrogen-bond acceptors (Lipinski definition) is 2. The number of rotatable bonds is 8.